The molecule has 1 aromatic rings. The van der Waals surface area contributed by atoms with Gasteiger partial charge in [-0.2, -0.15) is 12.6 Å². The van der Waals surface area contributed by atoms with Gasteiger partial charge in [0.25, 0.3) is 0 Å². The SMILES string of the molecule is CC(CS)Cc1cc(Cl)ccc1Cl. The van der Waals surface area contributed by atoms with E-state index in [1.807, 2.05) is 12.1 Å². The van der Waals surface area contributed by atoms with E-state index in [0.29, 0.717) is 5.92 Å². The Morgan fingerprint density at radius 3 is 2.69 bits per heavy atom. The molecule has 3 heteroatoms. The van der Waals surface area contributed by atoms with Crippen LogP contribution in [-0.2, 0) is 6.42 Å². The van der Waals surface area contributed by atoms with Crippen LogP contribution in [0, 0.1) is 5.92 Å². The Labute approximate surface area is 94.7 Å². The van der Waals surface area contributed by atoms with Gasteiger partial charge in [-0.25, -0.2) is 0 Å². The minimum atomic E-state index is 0.527. The van der Waals surface area contributed by atoms with Gasteiger partial charge in [-0.05, 0) is 41.9 Å². The lowest BCUT2D eigenvalue weighted by molar-refractivity contribution is 0.661. The van der Waals surface area contributed by atoms with E-state index in [-0.39, 0.29) is 0 Å². The molecule has 0 amide bonds. The fourth-order valence-corrected chi connectivity index (χ4v) is 1.66. The summed E-state index contributed by atoms with van der Waals surface area (Å²) in [5.41, 5.74) is 1.11. The minimum Gasteiger partial charge on any atom is -0.179 e. The largest absolute Gasteiger partial charge is 0.179 e. The Hall–Kier alpha value is 0.150. The Balaban J connectivity index is 2.81. The van der Waals surface area contributed by atoms with E-state index < -0.39 is 0 Å². The van der Waals surface area contributed by atoms with E-state index in [0.717, 1.165) is 27.8 Å². The van der Waals surface area contributed by atoms with Gasteiger partial charge in [-0.15, -0.1) is 0 Å². The molecule has 0 heterocycles. The fourth-order valence-electron chi connectivity index (χ4n) is 1.14. The molecule has 0 saturated heterocycles. The zero-order valence-corrected chi connectivity index (χ0v) is 9.83. The quantitative estimate of drug-likeness (QED) is 0.749. The molecule has 72 valence electrons. The number of hydrogen-bond acceptors (Lipinski definition) is 1. The van der Waals surface area contributed by atoms with Crippen molar-refractivity contribution < 1.29 is 0 Å². The summed E-state index contributed by atoms with van der Waals surface area (Å²) in [6, 6.07) is 5.56. The third-order valence-corrected chi connectivity index (χ3v) is 3.11. The van der Waals surface area contributed by atoms with Crippen LogP contribution in [0.15, 0.2) is 18.2 Å². The van der Waals surface area contributed by atoms with E-state index in [2.05, 4.69) is 19.6 Å². The number of thiol groups is 1. The monoisotopic (exact) mass is 234 g/mol. The predicted molar refractivity (Wildman–Crippen MR) is 63.2 cm³/mol. The Morgan fingerprint density at radius 2 is 2.08 bits per heavy atom. The van der Waals surface area contributed by atoms with Gasteiger partial charge in [0.05, 0.1) is 0 Å². The molecular weight excluding hydrogens is 223 g/mol. The van der Waals surface area contributed by atoms with E-state index >= 15 is 0 Å². The van der Waals surface area contributed by atoms with Crippen molar-refractivity contribution >= 4 is 35.8 Å². The van der Waals surface area contributed by atoms with Crippen molar-refractivity contribution in [2.45, 2.75) is 13.3 Å². The molecule has 0 radical (unpaired) electrons. The highest BCUT2D eigenvalue weighted by Crippen LogP contribution is 2.23. The van der Waals surface area contributed by atoms with Crippen molar-refractivity contribution in [3.63, 3.8) is 0 Å². The summed E-state index contributed by atoms with van der Waals surface area (Å²) < 4.78 is 0. The molecule has 0 fully saturated rings. The lowest BCUT2D eigenvalue weighted by Gasteiger charge is -2.09. The summed E-state index contributed by atoms with van der Waals surface area (Å²) in [4.78, 5) is 0. The van der Waals surface area contributed by atoms with Crippen LogP contribution in [0.3, 0.4) is 0 Å². The van der Waals surface area contributed by atoms with Gasteiger partial charge in [0, 0.05) is 10.0 Å². The molecule has 0 aliphatic rings. The number of rotatable bonds is 3. The maximum Gasteiger partial charge on any atom is 0.0439 e. The summed E-state index contributed by atoms with van der Waals surface area (Å²) in [5, 5.41) is 1.53. The number of benzene rings is 1. The molecule has 0 saturated carbocycles. The molecular formula is C10H12Cl2S. The summed E-state index contributed by atoms with van der Waals surface area (Å²) in [7, 11) is 0. The lowest BCUT2D eigenvalue weighted by Crippen LogP contribution is -2.01. The van der Waals surface area contributed by atoms with Gasteiger partial charge in [-0.1, -0.05) is 30.1 Å². The van der Waals surface area contributed by atoms with Crippen LogP contribution in [0.25, 0.3) is 0 Å². The van der Waals surface area contributed by atoms with Crippen LogP contribution < -0.4 is 0 Å². The Bertz CT molecular complexity index is 286. The zero-order chi connectivity index (χ0) is 9.84. The highest BCUT2D eigenvalue weighted by molar-refractivity contribution is 7.80. The lowest BCUT2D eigenvalue weighted by atomic mass is 10.0. The van der Waals surface area contributed by atoms with Crippen LogP contribution in [-0.4, -0.2) is 5.75 Å². The second kappa shape index (κ2) is 5.14. The molecule has 13 heavy (non-hydrogen) atoms. The van der Waals surface area contributed by atoms with Gasteiger partial charge in [0.15, 0.2) is 0 Å². The van der Waals surface area contributed by atoms with Crippen molar-refractivity contribution in [2.75, 3.05) is 5.75 Å². The predicted octanol–water partition coefficient (Wildman–Crippen LogP) is 4.10. The molecule has 0 nitrogen and oxygen atoms in total. The first-order valence-electron chi connectivity index (χ1n) is 4.18. The van der Waals surface area contributed by atoms with E-state index in [1.54, 1.807) is 6.07 Å². The van der Waals surface area contributed by atoms with Crippen molar-refractivity contribution in [3.05, 3.63) is 33.8 Å². The average Bonchev–Trinajstić information content (AvgIpc) is 2.11. The standard InChI is InChI=1S/C10H12Cl2S/c1-7(6-13)4-8-5-9(11)2-3-10(8)12/h2-3,5,7,13H,4,6H2,1H3. The third kappa shape index (κ3) is 3.41. The molecule has 0 spiro atoms. The molecule has 1 aromatic carbocycles. The Morgan fingerprint density at radius 1 is 1.38 bits per heavy atom. The van der Waals surface area contributed by atoms with Crippen LogP contribution in [0.2, 0.25) is 10.0 Å². The van der Waals surface area contributed by atoms with Crippen LogP contribution in [0.1, 0.15) is 12.5 Å². The molecule has 0 N–H and O–H groups in total. The summed E-state index contributed by atoms with van der Waals surface area (Å²) in [5.74, 6) is 1.39. The van der Waals surface area contributed by atoms with Gasteiger partial charge in [0.2, 0.25) is 0 Å². The van der Waals surface area contributed by atoms with Gasteiger partial charge in [-0.3, -0.25) is 0 Å². The smallest absolute Gasteiger partial charge is 0.0439 e. The van der Waals surface area contributed by atoms with E-state index in [4.69, 9.17) is 23.2 Å². The van der Waals surface area contributed by atoms with Crippen LogP contribution in [0.5, 0.6) is 0 Å². The van der Waals surface area contributed by atoms with Crippen LogP contribution >= 0.6 is 35.8 Å². The highest BCUT2D eigenvalue weighted by Gasteiger charge is 2.05. The number of hydrogen-bond donors (Lipinski definition) is 1. The molecule has 1 rings (SSSR count). The van der Waals surface area contributed by atoms with Crippen molar-refractivity contribution in [1.82, 2.24) is 0 Å². The van der Waals surface area contributed by atoms with E-state index in [9.17, 15) is 0 Å². The summed E-state index contributed by atoms with van der Waals surface area (Å²) >= 11 is 16.1. The first-order valence-corrected chi connectivity index (χ1v) is 5.57. The normalized spacial score (nSPS) is 12.9. The first kappa shape index (κ1) is 11.2. The summed E-state index contributed by atoms with van der Waals surface area (Å²) in [6.07, 6.45) is 0.933. The van der Waals surface area contributed by atoms with Crippen molar-refractivity contribution in [3.8, 4) is 0 Å². The van der Waals surface area contributed by atoms with E-state index in [1.165, 1.54) is 0 Å². The average molecular weight is 235 g/mol. The minimum absolute atomic E-state index is 0.527. The molecule has 0 aliphatic carbocycles. The second-order valence-corrected chi connectivity index (χ2v) is 4.44. The number of halogens is 2. The maximum absolute atomic E-state index is 6.01. The second-order valence-electron chi connectivity index (χ2n) is 3.23. The zero-order valence-electron chi connectivity index (χ0n) is 7.43. The molecule has 1 atom stereocenters. The van der Waals surface area contributed by atoms with Crippen molar-refractivity contribution in [1.29, 1.82) is 0 Å². The topological polar surface area (TPSA) is 0 Å². The maximum atomic E-state index is 6.01. The molecule has 0 aromatic heterocycles. The highest BCUT2D eigenvalue weighted by atomic mass is 35.5. The fraction of sp³-hybridized carbons (Fsp3) is 0.400. The van der Waals surface area contributed by atoms with Gasteiger partial charge < -0.3 is 0 Å². The third-order valence-electron chi connectivity index (χ3n) is 1.89. The van der Waals surface area contributed by atoms with Gasteiger partial charge in [0.1, 0.15) is 0 Å². The van der Waals surface area contributed by atoms with Crippen LogP contribution in [0.4, 0.5) is 0 Å². The first-order chi connectivity index (χ1) is 6.13. The Kier molecular flexibility index (Phi) is 4.43. The summed E-state index contributed by atoms with van der Waals surface area (Å²) in [6.45, 7) is 2.14. The molecule has 0 aliphatic heterocycles. The van der Waals surface area contributed by atoms with Crippen molar-refractivity contribution in [2.24, 2.45) is 5.92 Å². The molecule has 0 bridgehead atoms. The molecule has 1 unspecified atom stereocenters. The van der Waals surface area contributed by atoms with Gasteiger partial charge >= 0.3 is 0 Å².